The second-order valence-electron chi connectivity index (χ2n) is 4.36. The molecule has 0 aromatic rings. The van der Waals surface area contributed by atoms with E-state index in [2.05, 4.69) is 0 Å². The number of aliphatic hydroxyl groups excluding tert-OH is 3. The molecule has 0 fully saturated rings. The molecule has 0 amide bonds. The van der Waals surface area contributed by atoms with E-state index in [0.717, 1.165) is 0 Å². The van der Waals surface area contributed by atoms with Crippen molar-refractivity contribution in [2.45, 2.75) is 37.6 Å². The number of hydrogen-bond acceptors (Lipinski definition) is 9. The van der Waals surface area contributed by atoms with Gasteiger partial charge in [0.2, 0.25) is 0 Å². The van der Waals surface area contributed by atoms with Crippen LogP contribution in [0.4, 0.5) is 0 Å². The minimum Gasteiger partial charge on any atom is -0.481 e. The number of aliphatic hydroxyl groups is 3. The Morgan fingerprint density at radius 1 is 0.448 bits per heavy atom. The first-order valence-corrected chi connectivity index (χ1v) is 6.49. The summed E-state index contributed by atoms with van der Waals surface area (Å²) in [6, 6.07) is 0. The number of aliphatic carboxylic acids is 6. The minimum atomic E-state index is -1.79. The van der Waals surface area contributed by atoms with Crippen molar-refractivity contribution in [1.82, 2.24) is 0 Å². The summed E-state index contributed by atoms with van der Waals surface area (Å²) in [6.45, 7) is 0. The van der Waals surface area contributed by atoms with Gasteiger partial charge < -0.3 is 46.0 Å². The third-order valence-electron chi connectivity index (χ3n) is 1.96. The first-order chi connectivity index (χ1) is 12.1. The Bertz CT molecular complexity index is 473. The fraction of sp³-hybridized carbons (Fsp3) is 0.500. The van der Waals surface area contributed by atoms with E-state index >= 15 is 0 Å². The topological polar surface area (TPSA) is 284 Å². The molecule has 0 saturated heterocycles. The Morgan fingerprint density at radius 3 is 0.621 bits per heavy atom. The minimum absolute atomic E-state index is 0. The zero-order valence-electron chi connectivity index (χ0n) is 14.5. The van der Waals surface area contributed by atoms with Crippen molar-refractivity contribution >= 4 is 35.8 Å². The Labute approximate surface area is 228 Å². The Hall–Kier alpha value is -0.573. The molecular formula is C12H18O15Pr2. The Morgan fingerprint density at radius 2 is 0.586 bits per heavy atom. The van der Waals surface area contributed by atoms with Crippen molar-refractivity contribution in [3.05, 3.63) is 0 Å². The second-order valence-corrected chi connectivity index (χ2v) is 4.36. The summed E-state index contributed by atoms with van der Waals surface area (Å²) in [4.78, 5) is 58.2. The van der Waals surface area contributed by atoms with E-state index < -0.39 is 73.4 Å². The first kappa shape index (κ1) is 39.0. The standard InChI is InChI=1S/3C4H6O5.2Pr/c3*5-2(4(8)9)1-3(6)7;;/h3*2,5H,1H2,(H,6,7)(H,8,9);;. The summed E-state index contributed by atoms with van der Waals surface area (Å²) in [5.74, 6) is -8.54. The molecule has 0 aromatic carbocycles. The molecule has 2 radical (unpaired) electrons. The number of carboxylic acids is 6. The third kappa shape index (κ3) is 32.3. The molecule has 162 valence electrons. The van der Waals surface area contributed by atoms with Gasteiger partial charge in [0.1, 0.15) is 0 Å². The fourth-order valence-electron chi connectivity index (χ4n) is 0.758. The van der Waals surface area contributed by atoms with Crippen molar-refractivity contribution in [2.75, 3.05) is 0 Å². The van der Waals surface area contributed by atoms with Crippen LogP contribution in [0, 0.1) is 82.6 Å². The molecule has 0 bridgehead atoms. The summed E-state index contributed by atoms with van der Waals surface area (Å²) >= 11 is 0. The van der Waals surface area contributed by atoms with Crippen LogP contribution in [-0.2, 0) is 28.8 Å². The van der Waals surface area contributed by atoms with Gasteiger partial charge in [0.15, 0.2) is 18.3 Å². The van der Waals surface area contributed by atoms with Crippen LogP contribution in [0.5, 0.6) is 0 Å². The number of carboxylic acid groups (broad SMARTS) is 6. The molecule has 0 heterocycles. The van der Waals surface area contributed by atoms with Crippen molar-refractivity contribution in [1.29, 1.82) is 0 Å². The molecule has 0 spiro atoms. The summed E-state index contributed by atoms with van der Waals surface area (Å²) in [7, 11) is 0. The SMILES string of the molecule is O=C(O)CC(O)C(=O)O.O=C(O)CC(O)C(=O)O.O=C(O)CC(O)C(=O)O.[Pr].[Pr]. The number of rotatable bonds is 9. The van der Waals surface area contributed by atoms with Crippen LogP contribution < -0.4 is 0 Å². The van der Waals surface area contributed by atoms with Crippen molar-refractivity contribution < 1.29 is 157 Å². The maximum Gasteiger partial charge on any atom is 0.333 e. The Kier molecular flexibility index (Phi) is 29.7. The predicted molar refractivity (Wildman–Crippen MR) is 77.7 cm³/mol. The first-order valence-electron chi connectivity index (χ1n) is 6.49. The average molecular weight is 684 g/mol. The van der Waals surface area contributed by atoms with Crippen molar-refractivity contribution in [3.8, 4) is 0 Å². The summed E-state index contributed by atoms with van der Waals surface area (Å²) < 4.78 is 0. The van der Waals surface area contributed by atoms with Gasteiger partial charge in [0, 0.05) is 82.6 Å². The zero-order valence-corrected chi connectivity index (χ0v) is 21.9. The van der Waals surface area contributed by atoms with Crippen molar-refractivity contribution in [2.24, 2.45) is 0 Å². The maximum atomic E-state index is 9.72. The van der Waals surface area contributed by atoms with Crippen LogP contribution in [0.3, 0.4) is 0 Å². The van der Waals surface area contributed by atoms with Crippen LogP contribution in [0.15, 0.2) is 0 Å². The molecule has 0 rings (SSSR count). The van der Waals surface area contributed by atoms with Crippen molar-refractivity contribution in [3.63, 3.8) is 0 Å². The normalized spacial score (nSPS) is 11.7. The molecule has 15 nitrogen and oxygen atoms in total. The molecule has 0 aliphatic rings. The molecule has 0 aliphatic carbocycles. The Balaban J connectivity index is -0.0000000960. The molecule has 3 atom stereocenters. The third-order valence-corrected chi connectivity index (χ3v) is 1.96. The predicted octanol–water partition coefficient (Wildman–Crippen LogP) is -3.28. The van der Waals surface area contributed by atoms with Gasteiger partial charge in [-0.05, 0) is 0 Å². The second kappa shape index (κ2) is 22.1. The zero-order chi connectivity index (χ0) is 22.3. The van der Waals surface area contributed by atoms with Gasteiger partial charge in [-0.25, -0.2) is 14.4 Å². The molecule has 0 aromatic heterocycles. The molecule has 17 heteroatoms. The summed E-state index contributed by atoms with van der Waals surface area (Å²) in [6.07, 6.45) is -7.63. The van der Waals surface area contributed by atoms with Crippen LogP contribution in [0.25, 0.3) is 0 Å². The molecule has 9 N–H and O–H groups in total. The van der Waals surface area contributed by atoms with E-state index in [1.165, 1.54) is 0 Å². The summed E-state index contributed by atoms with van der Waals surface area (Å²) in [5, 5.41) is 72.4. The van der Waals surface area contributed by atoms with Gasteiger partial charge in [-0.2, -0.15) is 0 Å². The van der Waals surface area contributed by atoms with E-state index in [4.69, 9.17) is 46.0 Å². The van der Waals surface area contributed by atoms with E-state index in [9.17, 15) is 28.8 Å². The van der Waals surface area contributed by atoms with E-state index in [1.807, 2.05) is 0 Å². The number of carbonyl (C=O) groups is 6. The molecule has 0 aliphatic heterocycles. The van der Waals surface area contributed by atoms with Gasteiger partial charge in [0.05, 0.1) is 19.3 Å². The van der Waals surface area contributed by atoms with Gasteiger partial charge in [-0.1, -0.05) is 0 Å². The van der Waals surface area contributed by atoms with E-state index in [1.54, 1.807) is 0 Å². The summed E-state index contributed by atoms with van der Waals surface area (Å²) in [5.41, 5.74) is 0. The fourth-order valence-corrected chi connectivity index (χ4v) is 0.758. The average Bonchev–Trinajstić information content (AvgIpc) is 2.46. The molecule has 0 saturated carbocycles. The van der Waals surface area contributed by atoms with Gasteiger partial charge in [0.25, 0.3) is 0 Å². The molecule has 3 unspecified atom stereocenters. The monoisotopic (exact) mass is 684 g/mol. The van der Waals surface area contributed by atoms with E-state index in [0.29, 0.717) is 0 Å². The molecular weight excluding hydrogens is 666 g/mol. The quantitative estimate of drug-likeness (QED) is 0.115. The number of hydrogen-bond donors (Lipinski definition) is 9. The van der Waals surface area contributed by atoms with Gasteiger partial charge in [-0.3, -0.25) is 14.4 Å². The largest absolute Gasteiger partial charge is 0.481 e. The van der Waals surface area contributed by atoms with Crippen LogP contribution in [-0.4, -0.2) is 100 Å². The van der Waals surface area contributed by atoms with Gasteiger partial charge in [-0.15, -0.1) is 0 Å². The molecule has 29 heavy (non-hydrogen) atoms. The van der Waals surface area contributed by atoms with E-state index in [-0.39, 0.29) is 82.6 Å². The van der Waals surface area contributed by atoms with Crippen LogP contribution >= 0.6 is 0 Å². The van der Waals surface area contributed by atoms with Crippen LogP contribution in [0.1, 0.15) is 19.3 Å². The van der Waals surface area contributed by atoms with Gasteiger partial charge >= 0.3 is 35.8 Å². The smallest absolute Gasteiger partial charge is 0.333 e. The van der Waals surface area contributed by atoms with Crippen LogP contribution in [0.2, 0.25) is 0 Å². The maximum absolute atomic E-state index is 9.72.